The average Bonchev–Trinajstić information content (AvgIpc) is 2.55. The van der Waals surface area contributed by atoms with Crippen LogP contribution in [-0.2, 0) is 17.1 Å². The Labute approximate surface area is 98.9 Å². The van der Waals surface area contributed by atoms with Gasteiger partial charge in [-0.1, -0.05) is 18.5 Å². The molecule has 1 aromatic heterocycles. The molecule has 1 rings (SSSR count). The van der Waals surface area contributed by atoms with E-state index in [0.29, 0.717) is 6.42 Å². The number of hydrogen-bond donors (Lipinski definition) is 1. The summed E-state index contributed by atoms with van der Waals surface area (Å²) < 4.78 is 27.1. The van der Waals surface area contributed by atoms with Crippen molar-refractivity contribution in [2.24, 2.45) is 7.05 Å². The van der Waals surface area contributed by atoms with Gasteiger partial charge in [-0.05, 0) is 6.42 Å². The number of nitriles is 1. The molecular weight excluding hydrogens is 252 g/mol. The van der Waals surface area contributed by atoms with Crippen LogP contribution in [0.1, 0.15) is 13.3 Å². The first kappa shape index (κ1) is 13.0. The van der Waals surface area contributed by atoms with Gasteiger partial charge in [-0.25, -0.2) is 8.42 Å². The molecule has 0 saturated carbocycles. The van der Waals surface area contributed by atoms with Gasteiger partial charge in [-0.15, -0.1) is 0 Å². The minimum Gasteiger partial charge on any atom is -0.255 e. The van der Waals surface area contributed by atoms with Crippen molar-refractivity contribution in [3.8, 4) is 6.07 Å². The smallest absolute Gasteiger partial charge is 0.255 e. The van der Waals surface area contributed by atoms with Gasteiger partial charge < -0.3 is 0 Å². The standard InChI is InChI=1S/C8H11ClN4O2S/c1-3-6(4-10)12-16(14,15)8-7(9)5-11-13(8)2/h5-6,12H,3H2,1-2H3. The number of nitrogens with zero attached hydrogens (tertiary/aromatic N) is 3. The molecule has 1 aromatic rings. The molecule has 0 saturated heterocycles. The maximum Gasteiger partial charge on any atom is 0.260 e. The molecule has 88 valence electrons. The van der Waals surface area contributed by atoms with Crippen molar-refractivity contribution in [3.63, 3.8) is 0 Å². The van der Waals surface area contributed by atoms with Crippen molar-refractivity contribution in [2.75, 3.05) is 0 Å². The summed E-state index contributed by atoms with van der Waals surface area (Å²) >= 11 is 5.71. The Kier molecular flexibility index (Phi) is 3.91. The monoisotopic (exact) mass is 262 g/mol. The highest BCUT2D eigenvalue weighted by molar-refractivity contribution is 7.89. The van der Waals surface area contributed by atoms with Crippen LogP contribution >= 0.6 is 11.6 Å². The fourth-order valence-electron chi connectivity index (χ4n) is 1.15. The summed E-state index contributed by atoms with van der Waals surface area (Å²) in [4.78, 5) is 0. The summed E-state index contributed by atoms with van der Waals surface area (Å²) in [7, 11) is -2.34. The van der Waals surface area contributed by atoms with Gasteiger partial charge in [0, 0.05) is 7.05 Å². The van der Waals surface area contributed by atoms with Crippen molar-refractivity contribution in [2.45, 2.75) is 24.4 Å². The number of aryl methyl sites for hydroxylation is 1. The second-order valence-corrected chi connectivity index (χ2v) is 5.17. The van der Waals surface area contributed by atoms with Crippen molar-refractivity contribution >= 4 is 21.6 Å². The van der Waals surface area contributed by atoms with Gasteiger partial charge in [0.1, 0.15) is 6.04 Å². The Morgan fingerprint density at radius 1 is 1.75 bits per heavy atom. The van der Waals surface area contributed by atoms with E-state index in [1.54, 1.807) is 6.92 Å². The van der Waals surface area contributed by atoms with E-state index in [2.05, 4.69) is 9.82 Å². The Morgan fingerprint density at radius 2 is 2.38 bits per heavy atom. The van der Waals surface area contributed by atoms with Crippen molar-refractivity contribution in [1.82, 2.24) is 14.5 Å². The fourth-order valence-corrected chi connectivity index (χ4v) is 3.03. The third-order valence-electron chi connectivity index (χ3n) is 1.96. The molecular formula is C8H11ClN4O2S. The second kappa shape index (κ2) is 4.82. The van der Waals surface area contributed by atoms with E-state index in [9.17, 15) is 8.42 Å². The van der Waals surface area contributed by atoms with Gasteiger partial charge in [0.2, 0.25) is 0 Å². The van der Waals surface area contributed by atoms with E-state index in [-0.39, 0.29) is 10.0 Å². The molecule has 1 unspecified atom stereocenters. The molecule has 0 bridgehead atoms. The molecule has 0 aliphatic rings. The summed E-state index contributed by atoms with van der Waals surface area (Å²) in [6.07, 6.45) is 1.62. The topological polar surface area (TPSA) is 87.8 Å². The molecule has 16 heavy (non-hydrogen) atoms. The maximum atomic E-state index is 11.9. The predicted octanol–water partition coefficient (Wildman–Crippen LogP) is 0.654. The number of nitrogens with one attached hydrogen (secondary N) is 1. The van der Waals surface area contributed by atoms with Crippen LogP contribution in [0.4, 0.5) is 0 Å². The third-order valence-corrected chi connectivity index (χ3v) is 3.94. The summed E-state index contributed by atoms with van der Waals surface area (Å²) in [5.41, 5.74) is 0. The van der Waals surface area contributed by atoms with Crippen LogP contribution in [0.25, 0.3) is 0 Å². The molecule has 0 aliphatic heterocycles. The zero-order valence-electron chi connectivity index (χ0n) is 8.81. The predicted molar refractivity (Wildman–Crippen MR) is 58.2 cm³/mol. The zero-order valence-corrected chi connectivity index (χ0v) is 10.4. The summed E-state index contributed by atoms with van der Waals surface area (Å²) in [5, 5.41) is 12.3. The Balaban J connectivity index is 3.09. The lowest BCUT2D eigenvalue weighted by molar-refractivity contribution is 0.552. The Hall–Kier alpha value is -1.10. The average molecular weight is 263 g/mol. The molecule has 1 N–H and O–H groups in total. The largest absolute Gasteiger partial charge is 0.260 e. The van der Waals surface area contributed by atoms with E-state index in [0.717, 1.165) is 4.68 Å². The van der Waals surface area contributed by atoms with Crippen molar-refractivity contribution in [1.29, 1.82) is 5.26 Å². The summed E-state index contributed by atoms with van der Waals surface area (Å²) in [6, 6.07) is 1.08. The highest BCUT2D eigenvalue weighted by Gasteiger charge is 2.25. The van der Waals surface area contributed by atoms with Gasteiger partial charge in [-0.2, -0.15) is 15.1 Å². The van der Waals surface area contributed by atoms with E-state index in [1.807, 2.05) is 6.07 Å². The van der Waals surface area contributed by atoms with Gasteiger partial charge in [0.15, 0.2) is 5.03 Å². The van der Waals surface area contributed by atoms with Crippen LogP contribution in [0.5, 0.6) is 0 Å². The van der Waals surface area contributed by atoms with Crippen LogP contribution in [0.3, 0.4) is 0 Å². The highest BCUT2D eigenvalue weighted by Crippen LogP contribution is 2.19. The molecule has 8 heteroatoms. The molecule has 0 fully saturated rings. The van der Waals surface area contributed by atoms with Gasteiger partial charge in [-0.3, -0.25) is 4.68 Å². The lowest BCUT2D eigenvalue weighted by Crippen LogP contribution is -2.34. The quantitative estimate of drug-likeness (QED) is 0.863. The first-order valence-corrected chi connectivity index (χ1v) is 6.38. The number of aromatic nitrogens is 2. The van der Waals surface area contributed by atoms with Crippen molar-refractivity contribution < 1.29 is 8.42 Å². The minimum absolute atomic E-state index is 0.0304. The first-order chi connectivity index (χ1) is 7.42. The van der Waals surface area contributed by atoms with Crippen LogP contribution < -0.4 is 4.72 Å². The molecule has 0 spiro atoms. The second-order valence-electron chi connectivity index (χ2n) is 3.13. The lowest BCUT2D eigenvalue weighted by Gasteiger charge is -2.10. The van der Waals surface area contributed by atoms with Gasteiger partial charge in [0.25, 0.3) is 10.0 Å². The minimum atomic E-state index is -3.81. The SMILES string of the molecule is CCC(C#N)NS(=O)(=O)c1c(Cl)cnn1C. The highest BCUT2D eigenvalue weighted by atomic mass is 35.5. The Morgan fingerprint density at radius 3 is 2.75 bits per heavy atom. The maximum absolute atomic E-state index is 11.9. The number of hydrogen-bond acceptors (Lipinski definition) is 4. The van der Waals surface area contributed by atoms with Crippen LogP contribution in [0.2, 0.25) is 5.02 Å². The van der Waals surface area contributed by atoms with E-state index in [1.165, 1.54) is 13.2 Å². The van der Waals surface area contributed by atoms with E-state index in [4.69, 9.17) is 16.9 Å². The Bertz CT molecular complexity index is 497. The lowest BCUT2D eigenvalue weighted by atomic mass is 10.3. The number of sulfonamides is 1. The van der Waals surface area contributed by atoms with Crippen LogP contribution in [-0.4, -0.2) is 24.2 Å². The van der Waals surface area contributed by atoms with Gasteiger partial charge in [0.05, 0.1) is 17.3 Å². The normalized spacial score (nSPS) is 13.4. The number of halogens is 1. The van der Waals surface area contributed by atoms with Crippen molar-refractivity contribution in [3.05, 3.63) is 11.2 Å². The van der Waals surface area contributed by atoms with Crippen LogP contribution in [0, 0.1) is 11.3 Å². The summed E-state index contributed by atoms with van der Waals surface area (Å²) in [5.74, 6) is 0. The molecule has 0 amide bonds. The molecule has 1 heterocycles. The van der Waals surface area contributed by atoms with Gasteiger partial charge >= 0.3 is 0 Å². The number of rotatable bonds is 4. The molecule has 0 aliphatic carbocycles. The van der Waals surface area contributed by atoms with Crippen LogP contribution in [0.15, 0.2) is 11.2 Å². The fraction of sp³-hybridized carbons (Fsp3) is 0.500. The van der Waals surface area contributed by atoms with E-state index < -0.39 is 16.1 Å². The molecule has 0 radical (unpaired) electrons. The third kappa shape index (κ3) is 2.52. The summed E-state index contributed by atoms with van der Waals surface area (Å²) in [6.45, 7) is 1.71. The molecule has 0 aromatic carbocycles. The molecule has 1 atom stereocenters. The molecule has 6 nitrogen and oxygen atoms in total. The van der Waals surface area contributed by atoms with E-state index >= 15 is 0 Å². The first-order valence-electron chi connectivity index (χ1n) is 4.51. The zero-order chi connectivity index (χ0) is 12.3.